The average Bonchev–Trinajstić information content (AvgIpc) is 2.42. The maximum Gasteiger partial charge on any atom is 0.438 e. The summed E-state index contributed by atoms with van der Waals surface area (Å²) < 4.78 is 215. The number of aliphatic carboxylic acids is 1. The van der Waals surface area contributed by atoms with Gasteiger partial charge in [-0.1, -0.05) is 0 Å². The Kier molecular flexibility index (Phi) is 7.00. The summed E-state index contributed by atoms with van der Waals surface area (Å²) in [5, 5.41) is 7.60. The minimum absolute atomic E-state index is 0. The molecule has 176 valence electrons. The molecule has 0 rings (SSSR count). The first-order valence-electron chi connectivity index (χ1n) is 5.64. The van der Waals surface area contributed by atoms with Crippen LogP contribution in [0.2, 0.25) is 0 Å². The van der Waals surface area contributed by atoms with E-state index in [1.54, 1.807) is 0 Å². The summed E-state index contributed by atoms with van der Waals surface area (Å²) in [6.45, 7) is 0. The highest BCUT2D eigenvalue weighted by molar-refractivity contribution is 5.77. The van der Waals surface area contributed by atoms with Crippen molar-refractivity contribution >= 4 is 5.97 Å². The zero-order valence-electron chi connectivity index (χ0n) is 12.8. The number of alkyl halides is 17. The van der Waals surface area contributed by atoms with Crippen LogP contribution in [0.1, 0.15) is 0 Å². The molecule has 0 aromatic carbocycles. The molecule has 0 fully saturated rings. The van der Waals surface area contributed by atoms with E-state index >= 15 is 0 Å². The standard InChI is InChI=1S/C9HF17O2.H3N/c10-2(11,1(27)28)4(13,14)6(17,18)7(19,20)5(15,16)3(12,8(21,22)23)9(24,25)26;/h(H,27,28);1H3/p+1. The summed E-state index contributed by atoms with van der Waals surface area (Å²) in [4.78, 5) is 9.78. The second-order valence-electron chi connectivity index (χ2n) is 4.83. The fraction of sp³-hybridized carbons (Fsp3) is 0.889. The molecule has 0 radical (unpaired) electrons. The Labute approximate surface area is 146 Å². The lowest BCUT2D eigenvalue weighted by molar-refractivity contribution is -0.464. The summed E-state index contributed by atoms with van der Waals surface area (Å²) in [7, 11) is 0. The van der Waals surface area contributed by atoms with Crippen LogP contribution >= 0.6 is 0 Å². The smallest absolute Gasteiger partial charge is 0.438 e. The number of rotatable bonds is 6. The van der Waals surface area contributed by atoms with E-state index in [-0.39, 0.29) is 6.15 Å². The Morgan fingerprint density at radius 2 is 0.724 bits per heavy atom. The van der Waals surface area contributed by atoms with Crippen LogP contribution in [0, 0.1) is 0 Å². The third-order valence-corrected chi connectivity index (χ3v) is 3.06. The fourth-order valence-corrected chi connectivity index (χ4v) is 1.46. The molecule has 29 heavy (non-hydrogen) atoms. The molecule has 0 saturated heterocycles. The van der Waals surface area contributed by atoms with Crippen molar-refractivity contribution < 1.29 is 84.5 Å². The van der Waals surface area contributed by atoms with Gasteiger partial charge < -0.3 is 11.3 Å². The number of hydrogen-bond acceptors (Lipinski definition) is 1. The van der Waals surface area contributed by atoms with E-state index in [0.29, 0.717) is 0 Å². The number of carbonyl (C=O) groups is 1. The third kappa shape index (κ3) is 3.41. The lowest BCUT2D eigenvalue weighted by Gasteiger charge is -2.43. The second kappa shape index (κ2) is 6.89. The van der Waals surface area contributed by atoms with E-state index in [1.807, 2.05) is 0 Å². The summed E-state index contributed by atoms with van der Waals surface area (Å²) >= 11 is 0. The molecule has 0 atom stereocenters. The van der Waals surface area contributed by atoms with E-state index in [9.17, 15) is 79.4 Å². The van der Waals surface area contributed by atoms with Crippen LogP contribution in [-0.2, 0) is 4.79 Å². The molecule has 0 bridgehead atoms. The van der Waals surface area contributed by atoms with Crippen molar-refractivity contribution in [2.24, 2.45) is 0 Å². The molecule has 0 unspecified atom stereocenters. The van der Waals surface area contributed by atoms with Gasteiger partial charge in [0.15, 0.2) is 0 Å². The van der Waals surface area contributed by atoms with Crippen LogP contribution < -0.4 is 6.15 Å². The first kappa shape index (κ1) is 29.4. The number of halogens is 17. The molecule has 20 heteroatoms. The van der Waals surface area contributed by atoms with E-state index in [1.165, 1.54) is 0 Å². The molecule has 0 heterocycles. The average molecular weight is 482 g/mol. The van der Waals surface area contributed by atoms with Gasteiger partial charge in [-0.2, -0.15) is 70.2 Å². The van der Waals surface area contributed by atoms with Crippen LogP contribution in [-0.4, -0.2) is 58.7 Å². The Bertz CT molecular complexity index is 603. The van der Waals surface area contributed by atoms with Crippen molar-refractivity contribution in [2.45, 2.75) is 47.6 Å². The molecule has 0 aromatic heterocycles. The van der Waals surface area contributed by atoms with Crippen molar-refractivity contribution in [3.05, 3.63) is 0 Å². The normalized spacial score (nSPS) is 15.8. The van der Waals surface area contributed by atoms with Crippen molar-refractivity contribution in [3.63, 3.8) is 0 Å². The summed E-state index contributed by atoms with van der Waals surface area (Å²) in [5.41, 5.74) is -8.64. The molecule has 0 aliphatic heterocycles. The Morgan fingerprint density at radius 3 is 0.931 bits per heavy atom. The highest BCUT2D eigenvalue weighted by Gasteiger charge is 2.97. The molecular weight excluding hydrogens is 477 g/mol. The van der Waals surface area contributed by atoms with Crippen molar-refractivity contribution in [3.8, 4) is 0 Å². The van der Waals surface area contributed by atoms with Gasteiger partial charge in [-0.25, -0.2) is 9.18 Å². The van der Waals surface area contributed by atoms with Crippen LogP contribution in [0.5, 0.6) is 0 Å². The molecule has 0 saturated carbocycles. The molecule has 0 spiro atoms. The molecular formula is C9H5F17NO2+. The SMILES string of the molecule is O=C(O)C(F)(F)C(F)(F)C(F)(F)C(F)(F)C(F)(F)C(F)(C(F)(F)F)C(F)(F)F.[NH4+]. The number of hydrogen-bond donors (Lipinski definition) is 2. The van der Waals surface area contributed by atoms with Crippen molar-refractivity contribution in [1.82, 2.24) is 6.15 Å². The van der Waals surface area contributed by atoms with E-state index in [0.717, 1.165) is 0 Å². The van der Waals surface area contributed by atoms with Gasteiger partial charge in [0.1, 0.15) is 0 Å². The molecule has 3 nitrogen and oxygen atoms in total. The van der Waals surface area contributed by atoms with E-state index in [2.05, 4.69) is 0 Å². The minimum atomic E-state index is -8.89. The number of quaternary nitrogens is 1. The summed E-state index contributed by atoms with van der Waals surface area (Å²) in [6.07, 6.45) is -16.4. The Morgan fingerprint density at radius 1 is 0.483 bits per heavy atom. The first-order valence-corrected chi connectivity index (χ1v) is 5.64. The molecule has 0 amide bonds. The molecule has 0 aliphatic rings. The van der Waals surface area contributed by atoms with Crippen LogP contribution in [0.15, 0.2) is 0 Å². The van der Waals surface area contributed by atoms with Crippen LogP contribution in [0.25, 0.3) is 0 Å². The lowest BCUT2D eigenvalue weighted by Crippen LogP contribution is -2.77. The molecule has 0 aromatic rings. The van der Waals surface area contributed by atoms with Gasteiger partial charge >= 0.3 is 53.6 Å². The topological polar surface area (TPSA) is 73.8 Å². The third-order valence-electron chi connectivity index (χ3n) is 3.06. The highest BCUT2D eigenvalue weighted by atomic mass is 19.4. The van der Waals surface area contributed by atoms with E-state index < -0.39 is 53.6 Å². The number of carboxylic acid groups (broad SMARTS) is 1. The monoisotopic (exact) mass is 482 g/mol. The Hall–Kier alpha value is -1.76. The Balaban J connectivity index is 0. The van der Waals surface area contributed by atoms with Gasteiger partial charge in [-0.15, -0.1) is 0 Å². The highest BCUT2D eigenvalue weighted by Crippen LogP contribution is 2.65. The van der Waals surface area contributed by atoms with Crippen molar-refractivity contribution in [1.29, 1.82) is 0 Å². The lowest BCUT2D eigenvalue weighted by atomic mass is 9.84. The number of carboxylic acids is 1. The molecule has 5 N–H and O–H groups in total. The van der Waals surface area contributed by atoms with Gasteiger partial charge in [0.05, 0.1) is 0 Å². The zero-order valence-corrected chi connectivity index (χ0v) is 12.8. The van der Waals surface area contributed by atoms with Gasteiger partial charge in [0, 0.05) is 0 Å². The largest absolute Gasteiger partial charge is 0.477 e. The quantitative estimate of drug-likeness (QED) is 0.494. The maximum absolute atomic E-state index is 13.1. The van der Waals surface area contributed by atoms with Gasteiger partial charge in [-0.3, -0.25) is 0 Å². The van der Waals surface area contributed by atoms with Crippen LogP contribution in [0.4, 0.5) is 74.6 Å². The maximum atomic E-state index is 13.1. The van der Waals surface area contributed by atoms with Crippen LogP contribution in [0.3, 0.4) is 0 Å². The summed E-state index contributed by atoms with van der Waals surface area (Å²) in [6, 6.07) is 0. The molecule has 0 aliphatic carbocycles. The van der Waals surface area contributed by atoms with Gasteiger partial charge in [-0.05, 0) is 0 Å². The predicted octanol–water partition coefficient (Wildman–Crippen LogP) is 5.46. The van der Waals surface area contributed by atoms with Crippen molar-refractivity contribution in [2.75, 3.05) is 0 Å². The summed E-state index contributed by atoms with van der Waals surface area (Å²) in [5.74, 6) is -46.5. The fourth-order valence-electron chi connectivity index (χ4n) is 1.46. The first-order chi connectivity index (χ1) is 11.7. The second-order valence-corrected chi connectivity index (χ2v) is 4.83. The zero-order chi connectivity index (χ0) is 23.6. The van der Waals surface area contributed by atoms with Gasteiger partial charge in [0.2, 0.25) is 0 Å². The van der Waals surface area contributed by atoms with E-state index in [4.69, 9.17) is 5.11 Å². The van der Waals surface area contributed by atoms with Gasteiger partial charge in [0.25, 0.3) is 0 Å². The predicted molar refractivity (Wildman–Crippen MR) is 54.3 cm³/mol. The minimum Gasteiger partial charge on any atom is -0.477 e.